The molecular formula is C12H16N4O2. The molecular weight excluding hydrogens is 232 g/mol. The predicted octanol–water partition coefficient (Wildman–Crippen LogP) is -0.499. The van der Waals surface area contributed by atoms with Crippen LogP contribution in [0.1, 0.15) is 23.0 Å². The van der Waals surface area contributed by atoms with E-state index in [1.807, 2.05) is 0 Å². The van der Waals surface area contributed by atoms with E-state index in [0.717, 1.165) is 5.56 Å². The van der Waals surface area contributed by atoms with Gasteiger partial charge in [0.2, 0.25) is 5.91 Å². The number of hydrogen-bond donors (Lipinski definition) is 2. The molecule has 2 rings (SSSR count). The van der Waals surface area contributed by atoms with Crippen molar-refractivity contribution in [3.05, 3.63) is 29.6 Å². The summed E-state index contributed by atoms with van der Waals surface area (Å²) in [5.74, 6) is -0.353. The average molecular weight is 248 g/mol. The van der Waals surface area contributed by atoms with E-state index in [-0.39, 0.29) is 11.8 Å². The monoisotopic (exact) mass is 248 g/mol. The van der Waals surface area contributed by atoms with Gasteiger partial charge >= 0.3 is 0 Å². The van der Waals surface area contributed by atoms with Crippen molar-refractivity contribution in [2.45, 2.75) is 19.5 Å². The molecule has 1 saturated heterocycles. The number of carbonyl (C=O) groups is 2. The van der Waals surface area contributed by atoms with Crippen LogP contribution in [-0.2, 0) is 11.3 Å². The van der Waals surface area contributed by atoms with Gasteiger partial charge in [-0.05, 0) is 18.6 Å². The van der Waals surface area contributed by atoms with E-state index in [2.05, 4.69) is 10.3 Å². The molecule has 96 valence electrons. The Hall–Kier alpha value is -1.95. The van der Waals surface area contributed by atoms with Crippen molar-refractivity contribution in [2.24, 2.45) is 5.73 Å². The molecule has 0 aliphatic carbocycles. The summed E-state index contributed by atoms with van der Waals surface area (Å²) in [7, 11) is 0. The van der Waals surface area contributed by atoms with Gasteiger partial charge < -0.3 is 16.0 Å². The lowest BCUT2D eigenvalue weighted by atomic mass is 10.1. The first-order chi connectivity index (χ1) is 8.63. The highest BCUT2D eigenvalue weighted by Crippen LogP contribution is 2.10. The lowest BCUT2D eigenvalue weighted by molar-refractivity contribution is -0.127. The minimum Gasteiger partial charge on any atom is -0.353 e. The molecule has 6 heteroatoms. The molecule has 2 amide bonds. The molecule has 18 heavy (non-hydrogen) atoms. The van der Waals surface area contributed by atoms with Crippen LogP contribution < -0.4 is 11.1 Å². The minimum atomic E-state index is -0.456. The second-order valence-electron chi connectivity index (χ2n) is 4.22. The summed E-state index contributed by atoms with van der Waals surface area (Å²) in [6.45, 7) is 3.09. The first kappa shape index (κ1) is 12.5. The summed E-state index contributed by atoms with van der Waals surface area (Å²) in [6, 6.07) is 2.96. The van der Waals surface area contributed by atoms with Crippen molar-refractivity contribution in [1.29, 1.82) is 0 Å². The Morgan fingerprint density at radius 1 is 1.61 bits per heavy atom. The summed E-state index contributed by atoms with van der Waals surface area (Å²) in [5, 5.41) is 2.72. The van der Waals surface area contributed by atoms with E-state index < -0.39 is 6.04 Å². The van der Waals surface area contributed by atoms with Gasteiger partial charge in [0.15, 0.2) is 0 Å². The largest absolute Gasteiger partial charge is 0.353 e. The zero-order valence-electron chi connectivity index (χ0n) is 10.2. The highest BCUT2D eigenvalue weighted by atomic mass is 16.2. The fourth-order valence-electron chi connectivity index (χ4n) is 1.88. The maximum Gasteiger partial charge on any atom is 0.273 e. The van der Waals surface area contributed by atoms with Gasteiger partial charge in [0, 0.05) is 25.8 Å². The molecule has 1 atom stereocenters. The van der Waals surface area contributed by atoms with Crippen LogP contribution in [0.5, 0.6) is 0 Å². The first-order valence-corrected chi connectivity index (χ1v) is 5.87. The second-order valence-corrected chi connectivity index (χ2v) is 4.22. The summed E-state index contributed by atoms with van der Waals surface area (Å²) in [5.41, 5.74) is 6.68. The van der Waals surface area contributed by atoms with E-state index in [4.69, 9.17) is 5.73 Å². The Balaban J connectivity index is 2.16. The van der Waals surface area contributed by atoms with E-state index in [1.165, 1.54) is 4.90 Å². The number of piperazine rings is 1. The van der Waals surface area contributed by atoms with Crippen molar-refractivity contribution >= 4 is 11.8 Å². The highest BCUT2D eigenvalue weighted by molar-refractivity contribution is 5.96. The molecule has 0 saturated carbocycles. The van der Waals surface area contributed by atoms with Crippen molar-refractivity contribution < 1.29 is 9.59 Å². The molecule has 1 fully saturated rings. The van der Waals surface area contributed by atoms with Crippen LogP contribution in [0.2, 0.25) is 0 Å². The van der Waals surface area contributed by atoms with Crippen molar-refractivity contribution in [3.8, 4) is 0 Å². The van der Waals surface area contributed by atoms with Crippen LogP contribution in [0, 0.1) is 0 Å². The van der Waals surface area contributed by atoms with Crippen LogP contribution >= 0.6 is 0 Å². The molecule has 0 radical (unpaired) electrons. The molecule has 1 aliphatic rings. The minimum absolute atomic E-state index is 0.131. The SMILES string of the molecule is CC1C(=O)NCCN1C(=O)c1ccc(CN)cn1. The van der Waals surface area contributed by atoms with Crippen LogP contribution in [0.25, 0.3) is 0 Å². The molecule has 1 aromatic rings. The summed E-state index contributed by atoms with van der Waals surface area (Å²) in [4.78, 5) is 29.3. The van der Waals surface area contributed by atoms with Crippen molar-refractivity contribution in [3.63, 3.8) is 0 Å². The molecule has 1 aromatic heterocycles. The normalized spacial score (nSPS) is 19.6. The van der Waals surface area contributed by atoms with Crippen LogP contribution in [0.3, 0.4) is 0 Å². The fourth-order valence-corrected chi connectivity index (χ4v) is 1.88. The van der Waals surface area contributed by atoms with Gasteiger partial charge in [-0.25, -0.2) is 0 Å². The zero-order valence-corrected chi connectivity index (χ0v) is 10.2. The molecule has 1 unspecified atom stereocenters. The van der Waals surface area contributed by atoms with Crippen LogP contribution in [-0.4, -0.2) is 40.8 Å². The Morgan fingerprint density at radius 2 is 2.39 bits per heavy atom. The second kappa shape index (κ2) is 5.14. The molecule has 1 aliphatic heterocycles. The third-order valence-corrected chi connectivity index (χ3v) is 3.04. The van der Waals surface area contributed by atoms with Gasteiger partial charge in [-0.2, -0.15) is 0 Å². The lowest BCUT2D eigenvalue weighted by Crippen LogP contribution is -2.55. The molecule has 2 heterocycles. The zero-order chi connectivity index (χ0) is 13.1. The van der Waals surface area contributed by atoms with Gasteiger partial charge in [0.05, 0.1) is 0 Å². The van der Waals surface area contributed by atoms with Crippen LogP contribution in [0.4, 0.5) is 0 Å². The Morgan fingerprint density at radius 3 is 3.00 bits per heavy atom. The number of hydrogen-bond acceptors (Lipinski definition) is 4. The van der Waals surface area contributed by atoms with Crippen molar-refractivity contribution in [1.82, 2.24) is 15.2 Å². The Kier molecular flexibility index (Phi) is 3.57. The standard InChI is InChI=1S/C12H16N4O2/c1-8-11(17)14-4-5-16(8)12(18)10-3-2-9(6-13)7-15-10/h2-3,7-8H,4-6,13H2,1H3,(H,14,17). The molecule has 0 aromatic carbocycles. The summed E-state index contributed by atoms with van der Waals surface area (Å²) in [6.07, 6.45) is 1.59. The maximum absolute atomic E-state index is 12.2. The number of carbonyl (C=O) groups excluding carboxylic acids is 2. The summed E-state index contributed by atoms with van der Waals surface area (Å²) >= 11 is 0. The van der Waals surface area contributed by atoms with Gasteiger partial charge in [-0.3, -0.25) is 14.6 Å². The van der Waals surface area contributed by atoms with Crippen molar-refractivity contribution in [2.75, 3.05) is 13.1 Å². The van der Waals surface area contributed by atoms with E-state index in [0.29, 0.717) is 25.3 Å². The lowest BCUT2D eigenvalue weighted by Gasteiger charge is -2.32. The Bertz CT molecular complexity index is 458. The maximum atomic E-state index is 12.2. The number of rotatable bonds is 2. The summed E-state index contributed by atoms with van der Waals surface area (Å²) < 4.78 is 0. The van der Waals surface area contributed by atoms with Gasteiger partial charge in [0.1, 0.15) is 11.7 Å². The highest BCUT2D eigenvalue weighted by Gasteiger charge is 2.30. The number of aromatic nitrogens is 1. The number of nitrogens with two attached hydrogens (primary N) is 1. The third-order valence-electron chi connectivity index (χ3n) is 3.04. The van der Waals surface area contributed by atoms with Gasteiger partial charge in [0.25, 0.3) is 5.91 Å². The Labute approximate surface area is 105 Å². The number of nitrogens with zero attached hydrogens (tertiary/aromatic N) is 2. The molecule has 6 nitrogen and oxygen atoms in total. The average Bonchev–Trinajstić information content (AvgIpc) is 2.41. The molecule has 3 N–H and O–H groups in total. The quantitative estimate of drug-likeness (QED) is 0.738. The predicted molar refractivity (Wildman–Crippen MR) is 65.6 cm³/mol. The third kappa shape index (κ3) is 2.33. The first-order valence-electron chi connectivity index (χ1n) is 5.87. The van der Waals surface area contributed by atoms with E-state index in [1.54, 1.807) is 25.3 Å². The molecule has 0 spiro atoms. The van der Waals surface area contributed by atoms with E-state index >= 15 is 0 Å². The number of pyridine rings is 1. The van der Waals surface area contributed by atoms with Crippen LogP contribution in [0.15, 0.2) is 18.3 Å². The van der Waals surface area contributed by atoms with E-state index in [9.17, 15) is 9.59 Å². The van der Waals surface area contributed by atoms with Gasteiger partial charge in [-0.1, -0.05) is 6.07 Å². The topological polar surface area (TPSA) is 88.3 Å². The van der Waals surface area contributed by atoms with Gasteiger partial charge in [-0.15, -0.1) is 0 Å². The number of amides is 2. The fraction of sp³-hybridized carbons (Fsp3) is 0.417. The number of nitrogens with one attached hydrogen (secondary N) is 1. The smallest absolute Gasteiger partial charge is 0.273 e. The molecule has 0 bridgehead atoms.